The molecule has 1 aromatic heterocycles. The molecule has 2 aromatic rings. The molecule has 6 nitrogen and oxygen atoms in total. The van der Waals surface area contributed by atoms with Crippen LogP contribution in [0.25, 0.3) is 0 Å². The van der Waals surface area contributed by atoms with E-state index in [0.717, 1.165) is 12.8 Å². The minimum Gasteiger partial charge on any atom is -0.253 e. The van der Waals surface area contributed by atoms with Crippen molar-refractivity contribution in [2.24, 2.45) is 5.92 Å². The van der Waals surface area contributed by atoms with Gasteiger partial charge in [-0.25, -0.2) is 17.8 Å². The average Bonchev–Trinajstić information content (AvgIpc) is 3.00. The third kappa shape index (κ3) is 3.42. The standard InChI is InChI=1S/C15H19FN4O2S/c1-12-7-14(16)4-5-15(12)23(21,22)20-6-2-3-13(9-20)8-19-11-17-10-18-19/h4-5,7,10-11,13H,2-3,6,8-9H2,1H3/t13-/m1/s1. The Kier molecular flexibility index (Phi) is 4.45. The van der Waals surface area contributed by atoms with Crippen LogP contribution in [0.15, 0.2) is 35.7 Å². The fourth-order valence-electron chi connectivity index (χ4n) is 3.03. The molecule has 0 amide bonds. The Morgan fingerprint density at radius 1 is 1.39 bits per heavy atom. The van der Waals surface area contributed by atoms with E-state index in [2.05, 4.69) is 10.1 Å². The topological polar surface area (TPSA) is 68.1 Å². The highest BCUT2D eigenvalue weighted by molar-refractivity contribution is 7.89. The van der Waals surface area contributed by atoms with E-state index < -0.39 is 15.8 Å². The number of rotatable bonds is 4. The van der Waals surface area contributed by atoms with E-state index in [4.69, 9.17) is 0 Å². The van der Waals surface area contributed by atoms with E-state index in [1.807, 2.05) is 0 Å². The summed E-state index contributed by atoms with van der Waals surface area (Å²) < 4.78 is 42.1. The van der Waals surface area contributed by atoms with E-state index in [-0.39, 0.29) is 10.8 Å². The zero-order valence-corrected chi connectivity index (χ0v) is 13.7. The van der Waals surface area contributed by atoms with Crippen LogP contribution < -0.4 is 0 Å². The maximum absolute atomic E-state index is 13.2. The van der Waals surface area contributed by atoms with Crippen molar-refractivity contribution in [3.8, 4) is 0 Å². The van der Waals surface area contributed by atoms with Gasteiger partial charge in [0, 0.05) is 19.6 Å². The predicted molar refractivity (Wildman–Crippen MR) is 82.6 cm³/mol. The Hall–Kier alpha value is -1.80. The van der Waals surface area contributed by atoms with Gasteiger partial charge in [0.1, 0.15) is 18.5 Å². The van der Waals surface area contributed by atoms with Crippen molar-refractivity contribution in [1.82, 2.24) is 19.1 Å². The minimum atomic E-state index is -3.60. The molecule has 0 saturated carbocycles. The molecule has 124 valence electrons. The normalized spacial score (nSPS) is 19.8. The second-order valence-electron chi connectivity index (χ2n) is 5.90. The van der Waals surface area contributed by atoms with Crippen molar-refractivity contribution >= 4 is 10.0 Å². The maximum Gasteiger partial charge on any atom is 0.243 e. The van der Waals surface area contributed by atoms with Crippen LogP contribution in [0.5, 0.6) is 0 Å². The molecule has 2 heterocycles. The molecule has 1 fully saturated rings. The van der Waals surface area contributed by atoms with Gasteiger partial charge >= 0.3 is 0 Å². The zero-order valence-electron chi connectivity index (χ0n) is 12.9. The molecule has 1 aliphatic heterocycles. The van der Waals surface area contributed by atoms with Gasteiger partial charge in [0.15, 0.2) is 0 Å². The molecule has 1 atom stereocenters. The van der Waals surface area contributed by atoms with Crippen molar-refractivity contribution in [3.63, 3.8) is 0 Å². The Labute approximate surface area is 135 Å². The van der Waals surface area contributed by atoms with Crippen LogP contribution in [-0.4, -0.2) is 40.6 Å². The van der Waals surface area contributed by atoms with Gasteiger partial charge in [-0.15, -0.1) is 0 Å². The number of nitrogens with zero attached hydrogens (tertiary/aromatic N) is 4. The highest BCUT2D eigenvalue weighted by atomic mass is 32.2. The van der Waals surface area contributed by atoms with Gasteiger partial charge in [0.2, 0.25) is 10.0 Å². The lowest BCUT2D eigenvalue weighted by Gasteiger charge is -2.32. The molecule has 1 aliphatic rings. The lowest BCUT2D eigenvalue weighted by Crippen LogP contribution is -2.41. The van der Waals surface area contributed by atoms with E-state index in [0.29, 0.717) is 25.2 Å². The molecular formula is C15H19FN4O2S. The summed E-state index contributed by atoms with van der Waals surface area (Å²) in [5, 5.41) is 4.08. The molecule has 1 saturated heterocycles. The first-order chi connectivity index (χ1) is 11.0. The van der Waals surface area contributed by atoms with E-state index >= 15 is 0 Å². The molecule has 0 aliphatic carbocycles. The SMILES string of the molecule is Cc1cc(F)ccc1S(=O)(=O)N1CCC[C@H](Cn2cncn2)C1. The van der Waals surface area contributed by atoms with Crippen molar-refractivity contribution < 1.29 is 12.8 Å². The molecule has 23 heavy (non-hydrogen) atoms. The van der Waals surface area contributed by atoms with Crippen molar-refractivity contribution in [1.29, 1.82) is 0 Å². The average molecular weight is 338 g/mol. The first-order valence-corrected chi connectivity index (χ1v) is 8.99. The summed E-state index contributed by atoms with van der Waals surface area (Å²) in [5.74, 6) is -0.231. The summed E-state index contributed by atoms with van der Waals surface area (Å²) in [5.41, 5.74) is 0.434. The van der Waals surface area contributed by atoms with Gasteiger partial charge in [0.25, 0.3) is 0 Å². The van der Waals surface area contributed by atoms with Crippen LogP contribution in [0.4, 0.5) is 4.39 Å². The summed E-state index contributed by atoms with van der Waals surface area (Å²) in [6, 6.07) is 3.79. The lowest BCUT2D eigenvalue weighted by atomic mass is 10.00. The molecule has 0 bridgehead atoms. The second kappa shape index (κ2) is 6.37. The van der Waals surface area contributed by atoms with Crippen LogP contribution in [0.2, 0.25) is 0 Å². The molecule has 0 unspecified atom stereocenters. The summed E-state index contributed by atoms with van der Waals surface area (Å²) in [6.07, 6.45) is 4.86. The van der Waals surface area contributed by atoms with Crippen LogP contribution in [0, 0.1) is 18.7 Å². The minimum absolute atomic E-state index is 0.181. The number of halogens is 1. The summed E-state index contributed by atoms with van der Waals surface area (Å²) >= 11 is 0. The third-order valence-corrected chi connectivity index (χ3v) is 6.17. The number of aromatic nitrogens is 3. The Balaban J connectivity index is 1.79. The molecule has 0 spiro atoms. The second-order valence-corrected chi connectivity index (χ2v) is 7.81. The smallest absolute Gasteiger partial charge is 0.243 e. The van der Waals surface area contributed by atoms with Crippen LogP contribution in [-0.2, 0) is 16.6 Å². The summed E-state index contributed by atoms with van der Waals surface area (Å²) in [7, 11) is -3.60. The Bertz CT molecular complexity index is 777. The lowest BCUT2D eigenvalue weighted by molar-refractivity contribution is 0.239. The van der Waals surface area contributed by atoms with Gasteiger partial charge in [-0.1, -0.05) is 0 Å². The first kappa shape index (κ1) is 16.1. The monoisotopic (exact) mass is 338 g/mol. The number of piperidine rings is 1. The predicted octanol–water partition coefficient (Wildman–Crippen LogP) is 1.83. The summed E-state index contributed by atoms with van der Waals surface area (Å²) in [4.78, 5) is 4.09. The fraction of sp³-hybridized carbons (Fsp3) is 0.467. The Morgan fingerprint density at radius 3 is 2.91 bits per heavy atom. The fourth-order valence-corrected chi connectivity index (χ4v) is 4.79. The van der Waals surface area contributed by atoms with E-state index in [1.54, 1.807) is 17.9 Å². The zero-order chi connectivity index (χ0) is 16.4. The molecule has 0 N–H and O–H groups in total. The number of benzene rings is 1. The van der Waals surface area contributed by atoms with Crippen LogP contribution in [0.1, 0.15) is 18.4 Å². The number of sulfonamides is 1. The quantitative estimate of drug-likeness (QED) is 0.853. The molecule has 8 heteroatoms. The number of hydrogen-bond donors (Lipinski definition) is 0. The molecule has 0 radical (unpaired) electrons. The van der Waals surface area contributed by atoms with Gasteiger partial charge < -0.3 is 0 Å². The van der Waals surface area contributed by atoms with Crippen molar-refractivity contribution in [2.45, 2.75) is 31.2 Å². The summed E-state index contributed by atoms with van der Waals surface area (Å²) in [6.45, 7) is 3.20. The van der Waals surface area contributed by atoms with Crippen LogP contribution >= 0.6 is 0 Å². The van der Waals surface area contributed by atoms with Gasteiger partial charge in [-0.2, -0.15) is 9.40 Å². The molecule has 1 aromatic carbocycles. The number of aryl methyl sites for hydroxylation is 1. The van der Waals surface area contributed by atoms with Gasteiger partial charge in [0.05, 0.1) is 4.90 Å². The maximum atomic E-state index is 13.2. The third-order valence-electron chi connectivity index (χ3n) is 4.15. The Morgan fingerprint density at radius 2 is 2.22 bits per heavy atom. The molecule has 3 rings (SSSR count). The number of hydrogen-bond acceptors (Lipinski definition) is 4. The van der Waals surface area contributed by atoms with Gasteiger partial charge in [-0.3, -0.25) is 4.68 Å². The van der Waals surface area contributed by atoms with Crippen molar-refractivity contribution in [3.05, 3.63) is 42.2 Å². The largest absolute Gasteiger partial charge is 0.253 e. The van der Waals surface area contributed by atoms with Crippen molar-refractivity contribution in [2.75, 3.05) is 13.1 Å². The highest BCUT2D eigenvalue weighted by Crippen LogP contribution is 2.26. The first-order valence-electron chi connectivity index (χ1n) is 7.55. The van der Waals surface area contributed by atoms with E-state index in [9.17, 15) is 12.8 Å². The molecular weight excluding hydrogens is 319 g/mol. The van der Waals surface area contributed by atoms with Gasteiger partial charge in [-0.05, 0) is 49.4 Å². The van der Waals surface area contributed by atoms with E-state index in [1.165, 1.54) is 28.8 Å². The highest BCUT2D eigenvalue weighted by Gasteiger charge is 2.31. The van der Waals surface area contributed by atoms with Crippen LogP contribution in [0.3, 0.4) is 0 Å².